The summed E-state index contributed by atoms with van der Waals surface area (Å²) in [7, 11) is 0. The topological polar surface area (TPSA) is 26.0 Å². The van der Waals surface area contributed by atoms with Crippen LogP contribution in [-0.2, 0) is 6.42 Å². The molecule has 0 heterocycles. The van der Waals surface area contributed by atoms with Crippen molar-refractivity contribution in [2.24, 2.45) is 5.73 Å². The zero-order chi connectivity index (χ0) is 13.7. The maximum Gasteiger partial charge on any atom is 0.137 e. The number of thioether (sulfide) groups is 1. The Labute approximate surface area is 125 Å². The average Bonchev–Trinajstić information content (AvgIpc) is 2.43. The first kappa shape index (κ1) is 14.6. The molecular weight excluding hydrogens is 325 g/mol. The van der Waals surface area contributed by atoms with E-state index in [1.165, 1.54) is 11.0 Å². The minimum atomic E-state index is -0.236. The summed E-state index contributed by atoms with van der Waals surface area (Å²) in [5.74, 6) is 0.577. The lowest BCUT2D eigenvalue weighted by Crippen LogP contribution is -2.25. The van der Waals surface area contributed by atoms with Crippen molar-refractivity contribution < 1.29 is 4.39 Å². The Morgan fingerprint density at radius 1 is 1.11 bits per heavy atom. The van der Waals surface area contributed by atoms with Crippen LogP contribution in [0.5, 0.6) is 0 Å². The normalized spacial score (nSPS) is 12.4. The predicted octanol–water partition coefficient (Wildman–Crippen LogP) is 4.25. The van der Waals surface area contributed by atoms with Gasteiger partial charge in [-0.05, 0) is 46.1 Å². The summed E-state index contributed by atoms with van der Waals surface area (Å²) >= 11 is 4.99. The van der Waals surface area contributed by atoms with Gasteiger partial charge in [0.05, 0.1) is 4.47 Å². The summed E-state index contributed by atoms with van der Waals surface area (Å²) in [4.78, 5) is 1.20. The van der Waals surface area contributed by atoms with Gasteiger partial charge >= 0.3 is 0 Å². The van der Waals surface area contributed by atoms with Crippen molar-refractivity contribution in [2.45, 2.75) is 17.4 Å². The van der Waals surface area contributed by atoms with Gasteiger partial charge in [-0.25, -0.2) is 4.39 Å². The number of nitrogens with two attached hydrogens (primary N) is 1. The first-order valence-electron chi connectivity index (χ1n) is 6.03. The van der Waals surface area contributed by atoms with Crippen LogP contribution in [0.25, 0.3) is 0 Å². The molecule has 2 N–H and O–H groups in total. The van der Waals surface area contributed by atoms with Gasteiger partial charge in [-0.3, -0.25) is 0 Å². The quantitative estimate of drug-likeness (QED) is 0.824. The molecule has 4 heteroatoms. The smallest absolute Gasteiger partial charge is 0.137 e. The van der Waals surface area contributed by atoms with Crippen molar-refractivity contribution in [1.29, 1.82) is 0 Å². The van der Waals surface area contributed by atoms with Gasteiger partial charge in [0.2, 0.25) is 0 Å². The second-order valence-corrected chi connectivity index (χ2v) is 6.19. The Bertz CT molecular complexity index is 533. The van der Waals surface area contributed by atoms with E-state index in [-0.39, 0.29) is 11.9 Å². The van der Waals surface area contributed by atoms with Crippen molar-refractivity contribution in [1.82, 2.24) is 0 Å². The van der Waals surface area contributed by atoms with Gasteiger partial charge in [0.25, 0.3) is 0 Å². The summed E-state index contributed by atoms with van der Waals surface area (Å²) in [6.07, 6.45) is 0.665. The van der Waals surface area contributed by atoms with E-state index in [1.807, 2.05) is 24.3 Å². The van der Waals surface area contributed by atoms with Gasteiger partial charge in [0.1, 0.15) is 5.82 Å². The Morgan fingerprint density at radius 3 is 2.58 bits per heavy atom. The van der Waals surface area contributed by atoms with Gasteiger partial charge < -0.3 is 5.73 Å². The molecule has 0 saturated heterocycles. The van der Waals surface area contributed by atoms with Gasteiger partial charge in [0.15, 0.2) is 0 Å². The number of hydrogen-bond acceptors (Lipinski definition) is 2. The third-order valence-electron chi connectivity index (χ3n) is 2.72. The first-order valence-corrected chi connectivity index (χ1v) is 7.81. The highest BCUT2D eigenvalue weighted by Crippen LogP contribution is 2.23. The minimum absolute atomic E-state index is 0.00306. The molecule has 0 radical (unpaired) electrons. The van der Waals surface area contributed by atoms with Gasteiger partial charge in [-0.2, -0.15) is 0 Å². The van der Waals surface area contributed by atoms with Gasteiger partial charge in [-0.15, -0.1) is 11.8 Å². The van der Waals surface area contributed by atoms with Crippen molar-refractivity contribution in [3.8, 4) is 0 Å². The van der Waals surface area contributed by atoms with E-state index in [0.29, 0.717) is 10.9 Å². The highest BCUT2D eigenvalue weighted by atomic mass is 79.9. The van der Waals surface area contributed by atoms with Crippen molar-refractivity contribution in [2.75, 3.05) is 5.75 Å². The molecule has 1 atom stereocenters. The average molecular weight is 340 g/mol. The van der Waals surface area contributed by atoms with E-state index < -0.39 is 0 Å². The number of benzene rings is 2. The zero-order valence-corrected chi connectivity index (χ0v) is 12.8. The molecule has 100 valence electrons. The molecule has 0 aliphatic rings. The molecule has 0 bridgehead atoms. The third kappa shape index (κ3) is 4.34. The largest absolute Gasteiger partial charge is 0.327 e. The molecule has 2 rings (SSSR count). The number of halogens is 2. The maximum absolute atomic E-state index is 13.4. The summed E-state index contributed by atoms with van der Waals surface area (Å²) < 4.78 is 13.9. The molecule has 0 saturated carbocycles. The molecule has 1 nitrogen and oxygen atoms in total. The first-order chi connectivity index (χ1) is 9.16. The second-order valence-electron chi connectivity index (χ2n) is 4.30. The van der Waals surface area contributed by atoms with Crippen LogP contribution in [0.4, 0.5) is 4.39 Å². The molecule has 0 aliphatic heterocycles. The monoisotopic (exact) mass is 339 g/mol. The highest BCUT2D eigenvalue weighted by Gasteiger charge is 2.10. The molecule has 2 aromatic carbocycles. The Hall–Kier alpha value is -0.840. The zero-order valence-electron chi connectivity index (χ0n) is 10.4. The van der Waals surface area contributed by atoms with Crippen LogP contribution in [0.3, 0.4) is 0 Å². The fourth-order valence-electron chi connectivity index (χ4n) is 1.77. The summed E-state index contributed by atoms with van der Waals surface area (Å²) in [6, 6.07) is 15.2. The van der Waals surface area contributed by atoms with E-state index in [2.05, 4.69) is 28.1 Å². The highest BCUT2D eigenvalue weighted by molar-refractivity contribution is 9.10. The van der Waals surface area contributed by atoms with E-state index >= 15 is 0 Å². The number of hydrogen-bond donors (Lipinski definition) is 1. The van der Waals surface area contributed by atoms with E-state index in [1.54, 1.807) is 17.8 Å². The minimum Gasteiger partial charge on any atom is -0.327 e. The SMILES string of the molecule is NC(CSc1ccccc1)Cc1cccc(F)c1Br. The molecular formula is C15H15BrFNS. The summed E-state index contributed by atoms with van der Waals surface area (Å²) in [6.45, 7) is 0. The van der Waals surface area contributed by atoms with Crippen molar-refractivity contribution in [3.63, 3.8) is 0 Å². The Morgan fingerprint density at radius 2 is 1.84 bits per heavy atom. The van der Waals surface area contributed by atoms with Gasteiger partial charge in [0, 0.05) is 16.7 Å². The molecule has 0 aromatic heterocycles. The lowest BCUT2D eigenvalue weighted by atomic mass is 10.1. The van der Waals surface area contributed by atoms with Crippen LogP contribution < -0.4 is 5.73 Å². The van der Waals surface area contributed by atoms with E-state index in [9.17, 15) is 4.39 Å². The predicted molar refractivity (Wildman–Crippen MR) is 82.9 cm³/mol. The van der Waals surface area contributed by atoms with Crippen LogP contribution in [-0.4, -0.2) is 11.8 Å². The van der Waals surface area contributed by atoms with Crippen LogP contribution in [0.15, 0.2) is 57.9 Å². The van der Waals surface area contributed by atoms with Crippen molar-refractivity contribution in [3.05, 3.63) is 64.4 Å². The molecule has 2 aromatic rings. The molecule has 0 amide bonds. The Balaban J connectivity index is 1.91. The van der Waals surface area contributed by atoms with Crippen LogP contribution >= 0.6 is 27.7 Å². The lowest BCUT2D eigenvalue weighted by molar-refractivity contribution is 0.615. The standard InChI is InChI=1S/C15H15BrFNS/c16-15-11(5-4-8-14(15)17)9-12(18)10-19-13-6-2-1-3-7-13/h1-8,12H,9-10,18H2. The third-order valence-corrected chi connectivity index (χ3v) is 4.81. The second kappa shape index (κ2) is 7.08. The van der Waals surface area contributed by atoms with Crippen LogP contribution in [0.2, 0.25) is 0 Å². The fourth-order valence-corrected chi connectivity index (χ4v) is 3.07. The maximum atomic E-state index is 13.4. The van der Waals surface area contributed by atoms with E-state index in [4.69, 9.17) is 5.73 Å². The Kier molecular flexibility index (Phi) is 5.43. The molecule has 1 unspecified atom stereocenters. The molecule has 19 heavy (non-hydrogen) atoms. The van der Waals surface area contributed by atoms with E-state index in [0.717, 1.165) is 11.3 Å². The van der Waals surface area contributed by atoms with Crippen molar-refractivity contribution >= 4 is 27.7 Å². The number of rotatable bonds is 5. The summed E-state index contributed by atoms with van der Waals surface area (Å²) in [5, 5.41) is 0. The molecule has 0 spiro atoms. The molecule has 0 aliphatic carbocycles. The summed E-state index contributed by atoms with van der Waals surface area (Å²) in [5.41, 5.74) is 7.03. The fraction of sp³-hybridized carbons (Fsp3) is 0.200. The molecule has 0 fully saturated rings. The van der Waals surface area contributed by atoms with Crippen LogP contribution in [0.1, 0.15) is 5.56 Å². The lowest BCUT2D eigenvalue weighted by Gasteiger charge is -2.12. The van der Waals surface area contributed by atoms with Crippen LogP contribution in [0, 0.1) is 5.82 Å². The van der Waals surface area contributed by atoms with Gasteiger partial charge in [-0.1, -0.05) is 30.3 Å².